The van der Waals surface area contributed by atoms with E-state index in [-0.39, 0.29) is 25.5 Å². The van der Waals surface area contributed by atoms with Crippen LogP contribution in [0.5, 0.6) is 0 Å². The summed E-state index contributed by atoms with van der Waals surface area (Å²) in [7, 11) is 0. The van der Waals surface area contributed by atoms with Gasteiger partial charge in [0.25, 0.3) is 0 Å². The zero-order valence-electron chi connectivity index (χ0n) is 23.9. The summed E-state index contributed by atoms with van der Waals surface area (Å²) < 4.78 is 4.12. The van der Waals surface area contributed by atoms with Crippen LogP contribution in [-0.4, -0.2) is 23.2 Å². The molecule has 0 aliphatic carbocycles. The molecule has 0 N–H and O–H groups in total. The molecule has 6 aromatic rings. The van der Waals surface area contributed by atoms with Gasteiger partial charge in [-0.05, 0) is 16.7 Å². The van der Waals surface area contributed by atoms with Gasteiger partial charge in [-0.3, -0.25) is 0 Å². The Morgan fingerprint density at radius 2 is 1.35 bits per heavy atom. The third-order valence-electron chi connectivity index (χ3n) is 6.79. The Morgan fingerprint density at radius 1 is 0.700 bits per heavy atom. The Balaban J connectivity index is 0.000000192. The van der Waals surface area contributed by atoms with Crippen LogP contribution in [-0.2, 0) is 25.5 Å². The van der Waals surface area contributed by atoms with Gasteiger partial charge < -0.3 is 4.98 Å². The van der Waals surface area contributed by atoms with Crippen LogP contribution in [0, 0.1) is 12.1 Å². The van der Waals surface area contributed by atoms with Crippen LogP contribution in [0.4, 0.5) is 0 Å². The van der Waals surface area contributed by atoms with Gasteiger partial charge in [-0.1, -0.05) is 45.0 Å². The van der Waals surface area contributed by atoms with Crippen molar-refractivity contribution in [3.63, 3.8) is 0 Å². The molecular weight excluding hydrogens is 745 g/mol. The molecule has 6 rings (SSSR count). The molecule has 205 valence electrons. The Hall–Kier alpha value is -2.63. The minimum Gasteiger partial charge on any atom is 0 e. The van der Waals surface area contributed by atoms with Gasteiger partial charge in [0.05, 0.1) is 0 Å². The molecule has 0 spiro atoms. The number of thiophene rings is 1. The van der Waals surface area contributed by atoms with E-state index in [1.807, 2.05) is 66.2 Å². The molecule has 0 saturated heterocycles. The summed E-state index contributed by atoms with van der Waals surface area (Å²) in [5, 5.41) is 2.56. The minimum absolute atomic E-state index is 0. The third-order valence-corrected chi connectivity index (χ3v) is 12.2. The molecule has 3 aromatic heterocycles. The Bertz CT molecular complexity index is 1700. The average Bonchev–Trinajstić information content (AvgIpc) is 3.31. The third kappa shape index (κ3) is 6.80. The molecule has 40 heavy (non-hydrogen) atoms. The first kappa shape index (κ1) is 30.3. The monoisotopic (exact) mass is 781 g/mol. The number of aromatic nitrogens is 2. The van der Waals surface area contributed by atoms with Crippen molar-refractivity contribution in [1.29, 1.82) is 0 Å². The van der Waals surface area contributed by atoms with E-state index >= 15 is 0 Å². The number of pyridine rings is 2. The van der Waals surface area contributed by atoms with E-state index < -0.39 is 13.3 Å². The summed E-state index contributed by atoms with van der Waals surface area (Å²) in [5.41, 5.74) is 5.66. The molecule has 0 aliphatic heterocycles. The maximum atomic E-state index is 4.67. The summed E-state index contributed by atoms with van der Waals surface area (Å²) in [4.78, 5) is 9.20. The van der Waals surface area contributed by atoms with Crippen molar-refractivity contribution >= 4 is 49.2 Å². The van der Waals surface area contributed by atoms with E-state index in [1.54, 1.807) is 0 Å². The predicted molar refractivity (Wildman–Crippen MR) is 172 cm³/mol. The molecule has 2 nitrogen and oxygen atoms in total. The first-order chi connectivity index (χ1) is 18.6. The number of benzene rings is 3. The van der Waals surface area contributed by atoms with E-state index in [4.69, 9.17) is 0 Å². The van der Waals surface area contributed by atoms with Crippen molar-refractivity contribution in [2.45, 2.75) is 43.5 Å². The second-order valence-electron chi connectivity index (χ2n) is 11.8. The van der Waals surface area contributed by atoms with Crippen LogP contribution in [0.15, 0.2) is 97.3 Å². The molecule has 0 fully saturated rings. The van der Waals surface area contributed by atoms with Gasteiger partial charge in [0.1, 0.15) is 0 Å². The van der Waals surface area contributed by atoms with Gasteiger partial charge in [0, 0.05) is 46.5 Å². The van der Waals surface area contributed by atoms with Crippen LogP contribution in [0.25, 0.3) is 42.7 Å². The summed E-state index contributed by atoms with van der Waals surface area (Å²) >= 11 is 0.154. The molecule has 5 heteroatoms. The standard InChI is InChI=1S/C21H18NS.C14H16GeN.Ir/c1-21(2,3)17-11-7-10-15-16-13-22-18(12-19(16)23-20(15)17)14-8-5-4-6-9-14;1-15(2,3)13-9-10-14(16-11-13)12-7-5-4-6-8-12;/h4-8,10-13H,1-3H3;4-7,9-11H,1-3H3;/q2*-1;. The maximum absolute atomic E-state index is 4.67. The van der Waals surface area contributed by atoms with E-state index in [1.165, 1.54) is 30.1 Å². The molecule has 0 amide bonds. The van der Waals surface area contributed by atoms with Crippen molar-refractivity contribution in [1.82, 2.24) is 9.97 Å². The van der Waals surface area contributed by atoms with Gasteiger partial charge >= 0.3 is 99.8 Å². The second-order valence-corrected chi connectivity index (χ2v) is 23.5. The molecule has 3 heterocycles. The number of rotatable bonds is 3. The van der Waals surface area contributed by atoms with E-state index in [2.05, 4.69) is 103 Å². The Kier molecular flexibility index (Phi) is 9.47. The van der Waals surface area contributed by atoms with Crippen LogP contribution < -0.4 is 4.40 Å². The molecule has 3 aromatic carbocycles. The number of nitrogens with zero attached hydrogens (tertiary/aromatic N) is 2. The summed E-state index contributed by atoms with van der Waals surface area (Å²) in [6, 6.07) is 35.6. The van der Waals surface area contributed by atoms with Crippen LogP contribution in [0.3, 0.4) is 0 Å². The maximum Gasteiger partial charge on any atom is 0 e. The average molecular weight is 780 g/mol. The SMILES string of the molecule is CC(C)(C)c1cccc2c1sc1cc(-c3[c-]cccc3)ncc12.[CH3][Ge]([CH3])([CH3])[c]1ccc(-c2[c-]cccc2)nc1.[Ir]. The molecule has 0 unspecified atom stereocenters. The number of hydrogen-bond donors (Lipinski definition) is 0. The first-order valence-corrected chi connectivity index (χ1v) is 21.5. The fraction of sp³-hybridized carbons (Fsp3) is 0.200. The zero-order valence-corrected chi connectivity index (χ0v) is 29.2. The van der Waals surface area contributed by atoms with Crippen molar-refractivity contribution in [3.05, 3.63) is 115 Å². The van der Waals surface area contributed by atoms with E-state index in [0.29, 0.717) is 0 Å². The molecule has 0 aliphatic rings. The van der Waals surface area contributed by atoms with Crippen LogP contribution in [0.1, 0.15) is 26.3 Å². The predicted octanol–water partition coefficient (Wildman–Crippen LogP) is 9.31. The smallest absolute Gasteiger partial charge is 0 e. The van der Waals surface area contributed by atoms with Crippen molar-refractivity contribution in [2.75, 3.05) is 0 Å². The largest absolute Gasteiger partial charge is 0 e. The van der Waals surface area contributed by atoms with Gasteiger partial charge in [0.2, 0.25) is 0 Å². The quantitative estimate of drug-likeness (QED) is 0.132. The molecule has 1 radical (unpaired) electrons. The van der Waals surface area contributed by atoms with E-state index in [0.717, 1.165) is 22.5 Å². The first-order valence-electron chi connectivity index (χ1n) is 13.3. The summed E-state index contributed by atoms with van der Waals surface area (Å²) in [5.74, 6) is 7.14. The van der Waals surface area contributed by atoms with Crippen LogP contribution >= 0.6 is 11.3 Å². The van der Waals surface area contributed by atoms with Gasteiger partial charge in [-0.2, -0.15) is 0 Å². The van der Waals surface area contributed by atoms with Gasteiger partial charge in [-0.15, -0.1) is 47.2 Å². The number of fused-ring (bicyclic) bond motifs is 3. The van der Waals surface area contributed by atoms with Crippen LogP contribution in [0.2, 0.25) is 17.3 Å². The molecule has 0 bridgehead atoms. The summed E-state index contributed by atoms with van der Waals surface area (Å²) in [6.07, 6.45) is 4.05. The van der Waals surface area contributed by atoms with Crippen molar-refractivity contribution in [2.24, 2.45) is 0 Å². The molecular formula is C35H34GeIrN2S-2. The molecule has 0 atom stereocenters. The van der Waals surface area contributed by atoms with Gasteiger partial charge in [-0.25, -0.2) is 0 Å². The van der Waals surface area contributed by atoms with Crippen molar-refractivity contribution in [3.8, 4) is 22.5 Å². The Labute approximate surface area is 258 Å². The normalized spacial score (nSPS) is 11.6. The van der Waals surface area contributed by atoms with E-state index in [9.17, 15) is 0 Å². The van der Waals surface area contributed by atoms with Gasteiger partial charge in [0.15, 0.2) is 0 Å². The number of hydrogen-bond acceptors (Lipinski definition) is 3. The fourth-order valence-electron chi connectivity index (χ4n) is 4.53. The molecule has 0 saturated carbocycles. The summed E-state index contributed by atoms with van der Waals surface area (Å²) in [6.45, 7) is 6.82. The minimum atomic E-state index is -1.72. The fourth-order valence-corrected chi connectivity index (χ4v) is 8.14. The second kappa shape index (κ2) is 12.5. The van der Waals surface area contributed by atoms with Crippen molar-refractivity contribution < 1.29 is 20.1 Å². The zero-order chi connectivity index (χ0) is 27.6. The topological polar surface area (TPSA) is 25.8 Å². The Morgan fingerprint density at radius 3 is 1.90 bits per heavy atom.